The molecule has 34 heavy (non-hydrogen) atoms. The number of aromatic nitrogens is 1. The summed E-state index contributed by atoms with van der Waals surface area (Å²) in [5.74, 6) is -0.383. The number of benzene rings is 2. The van der Waals surface area contributed by atoms with E-state index < -0.39 is 5.97 Å². The summed E-state index contributed by atoms with van der Waals surface area (Å²) in [4.78, 5) is 27.2. The van der Waals surface area contributed by atoms with Gasteiger partial charge in [0.15, 0.2) is 0 Å². The largest absolute Gasteiger partial charge is 0.481 e. The highest BCUT2D eigenvalue weighted by molar-refractivity contribution is 5.94. The van der Waals surface area contributed by atoms with Gasteiger partial charge in [0.25, 0.3) is 5.91 Å². The average Bonchev–Trinajstić information content (AvgIpc) is 3.38. The molecule has 1 fully saturated rings. The quantitative estimate of drug-likeness (QED) is 0.395. The molecule has 1 aliphatic rings. The normalized spacial score (nSPS) is 14.5. The molecule has 3 aromatic rings. The molecular formula is C27H28FN3O3. The zero-order valence-electron chi connectivity index (χ0n) is 18.8. The fraction of sp³-hybridized carbons (Fsp3) is 0.296. The summed E-state index contributed by atoms with van der Waals surface area (Å²) in [5, 5.41) is 14.8. The van der Waals surface area contributed by atoms with E-state index in [1.807, 2.05) is 0 Å². The average molecular weight is 462 g/mol. The van der Waals surface area contributed by atoms with Crippen molar-refractivity contribution >= 4 is 17.7 Å². The highest BCUT2D eigenvalue weighted by Crippen LogP contribution is 2.38. The van der Waals surface area contributed by atoms with Crippen LogP contribution in [0.5, 0.6) is 0 Å². The second kappa shape index (κ2) is 10.9. The van der Waals surface area contributed by atoms with Crippen LogP contribution in [0, 0.1) is 11.7 Å². The number of carboxylic acid groups (broad SMARTS) is 1. The topological polar surface area (TPSA) is 91.3 Å². The summed E-state index contributed by atoms with van der Waals surface area (Å²) in [5.41, 5.74) is 3.55. The van der Waals surface area contributed by atoms with Crippen LogP contribution >= 0.6 is 0 Å². The van der Waals surface area contributed by atoms with E-state index in [1.54, 1.807) is 24.3 Å². The van der Waals surface area contributed by atoms with Crippen molar-refractivity contribution in [2.24, 2.45) is 5.92 Å². The van der Waals surface area contributed by atoms with Crippen molar-refractivity contribution in [1.82, 2.24) is 10.3 Å². The van der Waals surface area contributed by atoms with Gasteiger partial charge < -0.3 is 15.7 Å². The zero-order chi connectivity index (χ0) is 23.9. The maximum atomic E-state index is 13.2. The van der Waals surface area contributed by atoms with Crippen molar-refractivity contribution in [3.8, 4) is 11.1 Å². The molecule has 0 radical (unpaired) electrons. The predicted octanol–water partition coefficient (Wildman–Crippen LogP) is 5.44. The van der Waals surface area contributed by atoms with Crippen LogP contribution in [0.3, 0.4) is 0 Å². The number of nitrogens with one attached hydrogen (secondary N) is 2. The summed E-state index contributed by atoms with van der Waals surface area (Å²) in [7, 11) is 0. The van der Waals surface area contributed by atoms with Gasteiger partial charge in [0.2, 0.25) is 0 Å². The summed E-state index contributed by atoms with van der Waals surface area (Å²) < 4.78 is 13.2. The molecule has 1 unspecified atom stereocenters. The summed E-state index contributed by atoms with van der Waals surface area (Å²) in [6, 6.07) is 18.4. The van der Waals surface area contributed by atoms with Gasteiger partial charge in [-0.2, -0.15) is 0 Å². The minimum absolute atomic E-state index is 0.0752. The molecule has 1 amide bonds. The van der Waals surface area contributed by atoms with Crippen molar-refractivity contribution in [3.63, 3.8) is 0 Å². The number of carbonyl (C=O) groups is 2. The second-order valence-electron chi connectivity index (χ2n) is 8.63. The van der Waals surface area contributed by atoms with Crippen LogP contribution in [0.15, 0.2) is 66.9 Å². The number of nitrogens with zero attached hydrogens (tertiary/aromatic N) is 1. The van der Waals surface area contributed by atoms with Crippen LogP contribution in [0.1, 0.15) is 54.1 Å². The molecule has 176 valence electrons. The number of amides is 1. The van der Waals surface area contributed by atoms with E-state index in [2.05, 4.69) is 39.9 Å². The molecule has 0 spiro atoms. The Morgan fingerprint density at radius 3 is 2.21 bits per heavy atom. The van der Waals surface area contributed by atoms with Crippen molar-refractivity contribution in [2.75, 3.05) is 11.9 Å². The number of anilines is 1. The van der Waals surface area contributed by atoms with Crippen LogP contribution in [0.4, 0.5) is 10.2 Å². The lowest BCUT2D eigenvalue weighted by atomic mass is 9.90. The maximum absolute atomic E-state index is 13.2. The molecule has 2 aromatic carbocycles. The molecule has 0 aliphatic heterocycles. The number of hydrogen-bond acceptors (Lipinski definition) is 4. The molecule has 0 saturated heterocycles. The number of aliphatic carboxylic acids is 1. The van der Waals surface area contributed by atoms with E-state index in [0.29, 0.717) is 17.3 Å². The van der Waals surface area contributed by atoms with E-state index in [9.17, 15) is 14.0 Å². The van der Waals surface area contributed by atoms with Crippen molar-refractivity contribution in [3.05, 3.63) is 83.8 Å². The highest BCUT2D eigenvalue weighted by Gasteiger charge is 2.26. The number of carbonyl (C=O) groups excluding carboxylic acids is 1. The standard InChI is InChI=1S/C27H28FN3O3/c28-23-12-9-19(10-13-23)18-5-7-21(8-6-18)26(20-3-1-2-4-20)31-24-14-11-22(17-30-24)27(34)29-16-15-25(32)33/h5-14,17,20,26H,1-4,15-16H2,(H,29,34)(H,30,31)(H,32,33). The van der Waals surface area contributed by atoms with Crippen molar-refractivity contribution in [2.45, 2.75) is 38.1 Å². The monoisotopic (exact) mass is 461 g/mol. The SMILES string of the molecule is O=C(O)CCNC(=O)c1ccc(NC(c2ccc(-c3ccc(F)cc3)cc2)C2CCCC2)nc1. The van der Waals surface area contributed by atoms with Crippen LogP contribution in [0.2, 0.25) is 0 Å². The van der Waals surface area contributed by atoms with Crippen molar-refractivity contribution < 1.29 is 19.1 Å². The summed E-state index contributed by atoms with van der Waals surface area (Å²) in [6.07, 6.45) is 6.07. The highest BCUT2D eigenvalue weighted by atomic mass is 19.1. The van der Waals surface area contributed by atoms with Gasteiger partial charge in [-0.3, -0.25) is 9.59 Å². The molecule has 4 rings (SSSR count). The minimum Gasteiger partial charge on any atom is -0.481 e. The van der Waals surface area contributed by atoms with Gasteiger partial charge in [0.1, 0.15) is 11.6 Å². The van der Waals surface area contributed by atoms with E-state index in [0.717, 1.165) is 29.5 Å². The lowest BCUT2D eigenvalue weighted by Gasteiger charge is -2.26. The third-order valence-corrected chi connectivity index (χ3v) is 6.27. The molecule has 3 N–H and O–H groups in total. The molecule has 1 saturated carbocycles. The van der Waals surface area contributed by atoms with Crippen LogP contribution in [-0.4, -0.2) is 28.5 Å². The van der Waals surface area contributed by atoms with Gasteiger partial charge in [0, 0.05) is 12.7 Å². The Morgan fingerprint density at radius 2 is 1.62 bits per heavy atom. The summed E-state index contributed by atoms with van der Waals surface area (Å²) in [6.45, 7) is 0.0752. The first-order valence-electron chi connectivity index (χ1n) is 11.6. The number of halogens is 1. The first-order valence-corrected chi connectivity index (χ1v) is 11.6. The first-order chi connectivity index (χ1) is 16.5. The first kappa shape index (κ1) is 23.4. The van der Waals surface area contributed by atoms with E-state index >= 15 is 0 Å². The number of pyridine rings is 1. The minimum atomic E-state index is -0.957. The number of rotatable bonds is 9. The molecule has 1 heterocycles. The Bertz CT molecular complexity index is 1110. The molecule has 7 heteroatoms. The fourth-order valence-corrected chi connectivity index (χ4v) is 4.45. The van der Waals surface area contributed by atoms with Crippen molar-refractivity contribution in [1.29, 1.82) is 0 Å². The molecule has 6 nitrogen and oxygen atoms in total. The van der Waals surface area contributed by atoms with E-state index in [4.69, 9.17) is 5.11 Å². The third kappa shape index (κ3) is 5.98. The van der Waals surface area contributed by atoms with Gasteiger partial charge in [-0.15, -0.1) is 0 Å². The number of carboxylic acids is 1. The Labute approximate surface area is 198 Å². The van der Waals surface area contributed by atoms with E-state index in [-0.39, 0.29) is 30.7 Å². The lowest BCUT2D eigenvalue weighted by molar-refractivity contribution is -0.136. The molecule has 1 aliphatic carbocycles. The zero-order valence-corrected chi connectivity index (χ0v) is 18.8. The van der Waals surface area contributed by atoms with Gasteiger partial charge in [0.05, 0.1) is 18.0 Å². The van der Waals surface area contributed by atoms with Gasteiger partial charge >= 0.3 is 5.97 Å². The van der Waals surface area contributed by atoms with E-state index in [1.165, 1.54) is 31.2 Å². The second-order valence-corrected chi connectivity index (χ2v) is 8.63. The lowest BCUT2D eigenvalue weighted by Crippen LogP contribution is -2.26. The Kier molecular flexibility index (Phi) is 7.52. The number of hydrogen-bond donors (Lipinski definition) is 3. The maximum Gasteiger partial charge on any atom is 0.305 e. The van der Waals surface area contributed by atoms with Crippen LogP contribution < -0.4 is 10.6 Å². The Balaban J connectivity index is 1.47. The third-order valence-electron chi connectivity index (χ3n) is 6.27. The van der Waals surface area contributed by atoms with Gasteiger partial charge in [-0.25, -0.2) is 9.37 Å². The fourth-order valence-electron chi connectivity index (χ4n) is 4.45. The van der Waals surface area contributed by atoms with Gasteiger partial charge in [-0.1, -0.05) is 49.2 Å². The Morgan fingerprint density at radius 1 is 0.971 bits per heavy atom. The van der Waals surface area contributed by atoms with Crippen LogP contribution in [0.25, 0.3) is 11.1 Å². The van der Waals surface area contributed by atoms with Crippen LogP contribution in [-0.2, 0) is 4.79 Å². The molecule has 1 aromatic heterocycles. The Hall–Kier alpha value is -3.74. The van der Waals surface area contributed by atoms with Gasteiger partial charge in [-0.05, 0) is 59.7 Å². The smallest absolute Gasteiger partial charge is 0.305 e. The predicted molar refractivity (Wildman–Crippen MR) is 129 cm³/mol. The molecular weight excluding hydrogens is 433 g/mol. The molecule has 0 bridgehead atoms. The molecule has 1 atom stereocenters. The summed E-state index contributed by atoms with van der Waals surface area (Å²) >= 11 is 0.